The zero-order valence-electron chi connectivity index (χ0n) is 12.7. The lowest BCUT2D eigenvalue weighted by Crippen LogP contribution is -2.38. The Bertz CT molecular complexity index is 988. The Kier molecular flexibility index (Phi) is 3.66. The van der Waals surface area contributed by atoms with Crippen molar-refractivity contribution in [3.05, 3.63) is 42.4 Å². The molecule has 2 aromatic heterocycles. The predicted octanol–water partition coefficient (Wildman–Crippen LogP) is 0.962. The lowest BCUT2D eigenvalue weighted by Gasteiger charge is -2.06. The summed E-state index contributed by atoms with van der Waals surface area (Å²) >= 11 is 1.44. The highest BCUT2D eigenvalue weighted by Gasteiger charge is 2.22. The number of aryl methyl sites for hydroxylation is 1. The van der Waals surface area contributed by atoms with Gasteiger partial charge in [0.1, 0.15) is 16.6 Å². The van der Waals surface area contributed by atoms with Crippen LogP contribution in [0.1, 0.15) is 28.0 Å². The summed E-state index contributed by atoms with van der Waals surface area (Å²) in [4.78, 5) is 29.2. The summed E-state index contributed by atoms with van der Waals surface area (Å²) in [6.07, 6.45) is 4.08. The maximum absolute atomic E-state index is 12.1. The number of rotatable bonds is 2. The van der Waals surface area contributed by atoms with Gasteiger partial charge in [0.2, 0.25) is 5.88 Å². The topological polar surface area (TPSA) is 100 Å². The van der Waals surface area contributed by atoms with Gasteiger partial charge in [0, 0.05) is 25.2 Å². The molecule has 0 spiro atoms. The third-order valence-corrected chi connectivity index (χ3v) is 5.19. The summed E-state index contributed by atoms with van der Waals surface area (Å²) < 4.78 is 1.88. The molecular weight excluding hydrogens is 316 g/mol. The summed E-state index contributed by atoms with van der Waals surface area (Å²) in [5.41, 5.74) is 0.267. The monoisotopic (exact) mass is 330 g/mol. The van der Waals surface area contributed by atoms with Crippen molar-refractivity contribution in [1.82, 2.24) is 9.13 Å². The van der Waals surface area contributed by atoms with Gasteiger partial charge in [-0.2, -0.15) is 5.26 Å². The van der Waals surface area contributed by atoms with E-state index in [1.165, 1.54) is 31.6 Å². The van der Waals surface area contributed by atoms with E-state index < -0.39 is 17.1 Å². The number of hydrogen-bond donors (Lipinski definition) is 1. The SMILES string of the molecule is Cn1c(O)c(/C=N/c2sc3c(c2C#N)CCC3)c(=O)n(C)c1=O. The summed E-state index contributed by atoms with van der Waals surface area (Å²) in [5.74, 6) is -0.440. The molecule has 0 aromatic carbocycles. The van der Waals surface area contributed by atoms with E-state index >= 15 is 0 Å². The third-order valence-electron chi connectivity index (χ3n) is 3.99. The molecule has 1 aliphatic rings. The maximum Gasteiger partial charge on any atom is 0.333 e. The Morgan fingerprint density at radius 3 is 2.74 bits per heavy atom. The van der Waals surface area contributed by atoms with Crippen LogP contribution in [0.2, 0.25) is 0 Å². The second-order valence-corrected chi connectivity index (χ2v) is 6.43. The molecule has 118 valence electrons. The summed E-state index contributed by atoms with van der Waals surface area (Å²) in [6, 6.07) is 2.17. The smallest absolute Gasteiger partial charge is 0.333 e. The van der Waals surface area contributed by atoms with Crippen molar-refractivity contribution in [2.75, 3.05) is 0 Å². The average molecular weight is 330 g/mol. The molecule has 2 aromatic rings. The molecule has 0 saturated heterocycles. The number of fused-ring (bicyclic) bond motifs is 1. The molecule has 3 rings (SSSR count). The minimum atomic E-state index is -0.628. The number of nitriles is 1. The first kappa shape index (κ1) is 15.2. The van der Waals surface area contributed by atoms with Crippen molar-refractivity contribution in [3.63, 3.8) is 0 Å². The highest BCUT2D eigenvalue weighted by molar-refractivity contribution is 7.16. The van der Waals surface area contributed by atoms with Crippen molar-refractivity contribution in [2.24, 2.45) is 19.1 Å². The van der Waals surface area contributed by atoms with Gasteiger partial charge in [-0.3, -0.25) is 13.9 Å². The molecule has 7 nitrogen and oxygen atoms in total. The molecule has 0 unspecified atom stereocenters. The van der Waals surface area contributed by atoms with Crippen molar-refractivity contribution >= 4 is 22.6 Å². The molecule has 0 saturated carbocycles. The highest BCUT2D eigenvalue weighted by atomic mass is 32.1. The fourth-order valence-electron chi connectivity index (χ4n) is 2.69. The van der Waals surface area contributed by atoms with Crippen LogP contribution in [0, 0.1) is 11.3 Å². The fraction of sp³-hybridized carbons (Fsp3) is 0.333. The van der Waals surface area contributed by atoms with Crippen LogP contribution in [0.3, 0.4) is 0 Å². The maximum atomic E-state index is 12.1. The molecule has 0 aliphatic heterocycles. The Morgan fingerprint density at radius 2 is 2.04 bits per heavy atom. The molecule has 0 fully saturated rings. The minimum Gasteiger partial charge on any atom is -0.494 e. The number of nitrogens with zero attached hydrogens (tertiary/aromatic N) is 4. The molecular formula is C15H14N4O3S. The van der Waals surface area contributed by atoms with Crippen LogP contribution >= 0.6 is 11.3 Å². The van der Waals surface area contributed by atoms with Gasteiger partial charge in [-0.25, -0.2) is 9.79 Å². The van der Waals surface area contributed by atoms with E-state index in [1.54, 1.807) is 0 Å². The van der Waals surface area contributed by atoms with Gasteiger partial charge in [0.25, 0.3) is 5.56 Å². The van der Waals surface area contributed by atoms with Gasteiger partial charge in [-0.15, -0.1) is 11.3 Å². The summed E-state index contributed by atoms with van der Waals surface area (Å²) in [6.45, 7) is 0. The van der Waals surface area contributed by atoms with Crippen LogP contribution in [0.5, 0.6) is 5.88 Å². The first-order valence-electron chi connectivity index (χ1n) is 7.03. The largest absolute Gasteiger partial charge is 0.494 e. The second-order valence-electron chi connectivity index (χ2n) is 5.35. The van der Waals surface area contributed by atoms with Crippen molar-refractivity contribution in [2.45, 2.75) is 19.3 Å². The van der Waals surface area contributed by atoms with E-state index in [1.807, 2.05) is 0 Å². The molecule has 0 bridgehead atoms. The highest BCUT2D eigenvalue weighted by Crippen LogP contribution is 2.40. The molecule has 1 aliphatic carbocycles. The van der Waals surface area contributed by atoms with Crippen LogP contribution < -0.4 is 11.2 Å². The standard InChI is InChI=1S/C15H14N4O3S/c1-18-13(20)10(14(21)19(2)15(18)22)7-17-12-9(6-16)8-4-3-5-11(8)23-12/h7,20H,3-5H2,1-2H3/b17-7+. The normalized spacial score (nSPS) is 13.4. The third kappa shape index (κ3) is 2.29. The van der Waals surface area contributed by atoms with E-state index in [0.29, 0.717) is 10.6 Å². The predicted molar refractivity (Wildman–Crippen MR) is 86.9 cm³/mol. The second kappa shape index (κ2) is 5.52. The van der Waals surface area contributed by atoms with Crippen molar-refractivity contribution < 1.29 is 5.11 Å². The van der Waals surface area contributed by atoms with E-state index in [9.17, 15) is 20.0 Å². The quantitative estimate of drug-likeness (QED) is 0.829. The van der Waals surface area contributed by atoms with Gasteiger partial charge in [0.15, 0.2) is 0 Å². The summed E-state index contributed by atoms with van der Waals surface area (Å²) in [5, 5.41) is 19.9. The fourth-order valence-corrected chi connectivity index (χ4v) is 3.88. The number of aromatic hydroxyl groups is 1. The van der Waals surface area contributed by atoms with Crippen molar-refractivity contribution in [3.8, 4) is 11.9 Å². The van der Waals surface area contributed by atoms with Crippen LogP contribution in [-0.4, -0.2) is 20.5 Å². The van der Waals surface area contributed by atoms with E-state index in [4.69, 9.17) is 0 Å². The zero-order valence-corrected chi connectivity index (χ0v) is 13.5. The lowest BCUT2D eigenvalue weighted by atomic mass is 10.1. The van der Waals surface area contributed by atoms with Crippen LogP contribution in [0.4, 0.5) is 5.00 Å². The molecule has 0 radical (unpaired) electrons. The van der Waals surface area contributed by atoms with Crippen LogP contribution in [0.25, 0.3) is 0 Å². The Hall–Kier alpha value is -2.66. The Morgan fingerprint density at radius 1 is 1.30 bits per heavy atom. The Labute approximate surface area is 135 Å². The Balaban J connectivity index is 2.11. The van der Waals surface area contributed by atoms with E-state index in [-0.39, 0.29) is 5.56 Å². The van der Waals surface area contributed by atoms with Crippen molar-refractivity contribution in [1.29, 1.82) is 5.26 Å². The average Bonchev–Trinajstić information content (AvgIpc) is 3.11. The lowest BCUT2D eigenvalue weighted by molar-refractivity contribution is 0.410. The minimum absolute atomic E-state index is 0.0768. The molecule has 1 N–H and O–H groups in total. The molecule has 23 heavy (non-hydrogen) atoms. The molecule has 2 heterocycles. The summed E-state index contributed by atoms with van der Waals surface area (Å²) in [7, 11) is 2.71. The van der Waals surface area contributed by atoms with E-state index in [2.05, 4.69) is 11.1 Å². The van der Waals surface area contributed by atoms with E-state index in [0.717, 1.165) is 38.8 Å². The van der Waals surface area contributed by atoms with Gasteiger partial charge in [-0.1, -0.05) is 0 Å². The van der Waals surface area contributed by atoms with Crippen LogP contribution in [-0.2, 0) is 26.9 Å². The van der Waals surface area contributed by atoms with Gasteiger partial charge in [0.05, 0.1) is 5.56 Å². The zero-order chi connectivity index (χ0) is 16.7. The first-order chi connectivity index (χ1) is 11.0. The number of hydrogen-bond acceptors (Lipinski definition) is 6. The van der Waals surface area contributed by atoms with Gasteiger partial charge in [-0.05, 0) is 24.8 Å². The van der Waals surface area contributed by atoms with Gasteiger partial charge >= 0.3 is 5.69 Å². The number of aromatic nitrogens is 2. The van der Waals surface area contributed by atoms with Crippen LogP contribution in [0.15, 0.2) is 14.6 Å². The van der Waals surface area contributed by atoms with Gasteiger partial charge < -0.3 is 5.11 Å². The molecule has 0 amide bonds. The number of aliphatic imine (C=N–C) groups is 1. The number of thiophene rings is 1. The molecule has 0 atom stereocenters. The molecule has 8 heteroatoms. The first-order valence-corrected chi connectivity index (χ1v) is 7.85.